The van der Waals surface area contributed by atoms with E-state index in [9.17, 15) is 0 Å². The summed E-state index contributed by atoms with van der Waals surface area (Å²) in [7, 11) is 0. The highest BCUT2D eigenvalue weighted by Gasteiger charge is 2.29. The lowest BCUT2D eigenvalue weighted by atomic mass is 9.93. The largest absolute Gasteiger partial charge is 0.326 e. The molecule has 20 heavy (non-hydrogen) atoms. The van der Waals surface area contributed by atoms with Crippen LogP contribution < -0.4 is 5.73 Å². The van der Waals surface area contributed by atoms with Gasteiger partial charge in [0.15, 0.2) is 0 Å². The van der Waals surface area contributed by atoms with Gasteiger partial charge in [0.2, 0.25) is 0 Å². The Morgan fingerprint density at radius 2 is 1.95 bits per heavy atom. The maximum Gasteiger partial charge on any atom is 0.0499 e. The van der Waals surface area contributed by atoms with Crippen LogP contribution in [0.2, 0.25) is 0 Å². The van der Waals surface area contributed by atoms with Gasteiger partial charge in [0.25, 0.3) is 0 Å². The highest BCUT2D eigenvalue weighted by molar-refractivity contribution is 5.32. The topological polar surface area (TPSA) is 29.3 Å². The second kappa shape index (κ2) is 6.73. The number of hydrogen-bond donors (Lipinski definition) is 1. The zero-order chi connectivity index (χ0) is 14.7. The summed E-state index contributed by atoms with van der Waals surface area (Å²) >= 11 is 0. The van der Waals surface area contributed by atoms with Crippen molar-refractivity contribution in [2.24, 2.45) is 11.7 Å². The van der Waals surface area contributed by atoms with Gasteiger partial charge in [-0.2, -0.15) is 0 Å². The van der Waals surface area contributed by atoms with Crippen molar-refractivity contribution in [3.8, 4) is 0 Å². The Morgan fingerprint density at radius 3 is 2.60 bits per heavy atom. The zero-order valence-electron chi connectivity index (χ0n) is 13.5. The number of likely N-dealkylation sites (tertiary alicyclic amines) is 1. The van der Waals surface area contributed by atoms with Crippen LogP contribution in [0.5, 0.6) is 0 Å². The van der Waals surface area contributed by atoms with Gasteiger partial charge < -0.3 is 5.73 Å². The molecule has 0 bridgehead atoms. The molecule has 0 aromatic heterocycles. The number of aryl methyl sites for hydroxylation is 2. The van der Waals surface area contributed by atoms with Crippen molar-refractivity contribution in [2.75, 3.05) is 13.1 Å². The summed E-state index contributed by atoms with van der Waals surface area (Å²) in [4.78, 5) is 2.62. The van der Waals surface area contributed by atoms with E-state index in [-0.39, 0.29) is 6.04 Å². The van der Waals surface area contributed by atoms with Crippen LogP contribution in [0.25, 0.3) is 0 Å². The van der Waals surface area contributed by atoms with Crippen LogP contribution in [0.15, 0.2) is 18.2 Å². The number of hydrogen-bond acceptors (Lipinski definition) is 2. The molecule has 1 saturated heterocycles. The average molecular weight is 274 g/mol. The predicted octanol–water partition coefficient (Wildman–Crippen LogP) is 3.81. The normalized spacial score (nSPS) is 24.9. The van der Waals surface area contributed by atoms with Crippen molar-refractivity contribution in [1.29, 1.82) is 0 Å². The summed E-state index contributed by atoms with van der Waals surface area (Å²) in [5.41, 5.74) is 10.7. The number of benzene rings is 1. The molecule has 1 aromatic rings. The summed E-state index contributed by atoms with van der Waals surface area (Å²) in [5.74, 6) is 0.689. The standard InChI is InChI=1S/C18H30N2/c1-13(2)12-20-10-6-5-7-17(19)18(20)16-9-8-14(3)15(4)11-16/h8-9,11,13,17-18H,5-7,10,12,19H2,1-4H3. The van der Waals surface area contributed by atoms with Gasteiger partial charge in [-0.05, 0) is 55.8 Å². The Morgan fingerprint density at radius 1 is 1.20 bits per heavy atom. The molecular formula is C18H30N2. The predicted molar refractivity (Wildman–Crippen MR) is 86.9 cm³/mol. The molecule has 0 amide bonds. The minimum Gasteiger partial charge on any atom is -0.326 e. The fraction of sp³-hybridized carbons (Fsp3) is 0.667. The third-order valence-corrected chi connectivity index (χ3v) is 4.50. The Bertz CT molecular complexity index is 439. The summed E-state index contributed by atoms with van der Waals surface area (Å²) in [6.07, 6.45) is 3.69. The SMILES string of the molecule is Cc1ccc(C2C(N)CCCCN2CC(C)C)cc1C. The van der Waals surface area contributed by atoms with Crippen LogP contribution in [-0.2, 0) is 0 Å². The highest BCUT2D eigenvalue weighted by atomic mass is 15.2. The summed E-state index contributed by atoms with van der Waals surface area (Å²) in [6.45, 7) is 11.3. The maximum atomic E-state index is 6.52. The average Bonchev–Trinajstić information content (AvgIpc) is 2.54. The number of nitrogens with zero attached hydrogens (tertiary/aromatic N) is 1. The molecule has 2 heteroatoms. The smallest absolute Gasteiger partial charge is 0.0499 e. The Hall–Kier alpha value is -0.860. The molecular weight excluding hydrogens is 244 g/mol. The van der Waals surface area contributed by atoms with Gasteiger partial charge in [-0.15, -0.1) is 0 Å². The number of rotatable bonds is 3. The van der Waals surface area contributed by atoms with E-state index >= 15 is 0 Å². The van der Waals surface area contributed by atoms with E-state index in [1.165, 1.54) is 36.1 Å². The van der Waals surface area contributed by atoms with Gasteiger partial charge in [0, 0.05) is 18.6 Å². The van der Waals surface area contributed by atoms with Crippen LogP contribution in [0.1, 0.15) is 55.8 Å². The molecule has 1 aliphatic heterocycles. The van der Waals surface area contributed by atoms with E-state index in [1.807, 2.05) is 0 Å². The van der Waals surface area contributed by atoms with Crippen LogP contribution in [-0.4, -0.2) is 24.0 Å². The van der Waals surface area contributed by atoms with E-state index in [4.69, 9.17) is 5.73 Å². The fourth-order valence-corrected chi connectivity index (χ4v) is 3.34. The third kappa shape index (κ3) is 3.62. The second-order valence-corrected chi connectivity index (χ2v) is 6.84. The van der Waals surface area contributed by atoms with Gasteiger partial charge in [-0.1, -0.05) is 38.5 Å². The molecule has 0 aliphatic carbocycles. The van der Waals surface area contributed by atoms with Crippen LogP contribution >= 0.6 is 0 Å². The molecule has 1 aliphatic rings. The van der Waals surface area contributed by atoms with Crippen molar-refractivity contribution < 1.29 is 0 Å². The van der Waals surface area contributed by atoms with Gasteiger partial charge in [-0.25, -0.2) is 0 Å². The molecule has 1 heterocycles. The minimum absolute atomic E-state index is 0.262. The van der Waals surface area contributed by atoms with Crippen LogP contribution in [0, 0.1) is 19.8 Å². The molecule has 2 rings (SSSR count). The number of nitrogens with two attached hydrogens (primary N) is 1. The fourth-order valence-electron chi connectivity index (χ4n) is 3.34. The van der Waals surface area contributed by atoms with Crippen molar-refractivity contribution in [3.05, 3.63) is 34.9 Å². The van der Waals surface area contributed by atoms with Gasteiger partial charge in [-0.3, -0.25) is 4.90 Å². The lowest BCUT2D eigenvalue weighted by Crippen LogP contribution is -2.41. The molecule has 0 saturated carbocycles. The molecule has 0 spiro atoms. The summed E-state index contributed by atoms with van der Waals surface area (Å²) in [5, 5.41) is 0. The molecule has 1 fully saturated rings. The van der Waals surface area contributed by atoms with Crippen molar-refractivity contribution >= 4 is 0 Å². The first-order chi connectivity index (χ1) is 9.49. The molecule has 2 nitrogen and oxygen atoms in total. The Balaban J connectivity index is 2.31. The first kappa shape index (κ1) is 15.5. The zero-order valence-corrected chi connectivity index (χ0v) is 13.5. The van der Waals surface area contributed by atoms with E-state index in [0.29, 0.717) is 12.0 Å². The minimum atomic E-state index is 0.262. The van der Waals surface area contributed by atoms with Gasteiger partial charge >= 0.3 is 0 Å². The summed E-state index contributed by atoms with van der Waals surface area (Å²) in [6, 6.07) is 7.53. The molecule has 1 aromatic carbocycles. The highest BCUT2D eigenvalue weighted by Crippen LogP contribution is 2.31. The van der Waals surface area contributed by atoms with Crippen molar-refractivity contribution in [2.45, 2.75) is 59.0 Å². The molecule has 2 atom stereocenters. The van der Waals surface area contributed by atoms with Crippen LogP contribution in [0.4, 0.5) is 0 Å². The third-order valence-electron chi connectivity index (χ3n) is 4.50. The maximum absolute atomic E-state index is 6.52. The quantitative estimate of drug-likeness (QED) is 0.908. The van der Waals surface area contributed by atoms with Crippen molar-refractivity contribution in [1.82, 2.24) is 4.90 Å². The first-order valence-electron chi connectivity index (χ1n) is 8.06. The Kier molecular flexibility index (Phi) is 5.22. The van der Waals surface area contributed by atoms with E-state index in [1.54, 1.807) is 0 Å². The Labute approximate surface area is 124 Å². The molecule has 2 unspecified atom stereocenters. The second-order valence-electron chi connectivity index (χ2n) is 6.84. The first-order valence-corrected chi connectivity index (χ1v) is 8.06. The van der Waals surface area contributed by atoms with E-state index in [2.05, 4.69) is 50.8 Å². The monoisotopic (exact) mass is 274 g/mol. The lowest BCUT2D eigenvalue weighted by molar-refractivity contribution is 0.165. The van der Waals surface area contributed by atoms with Gasteiger partial charge in [0.1, 0.15) is 0 Å². The van der Waals surface area contributed by atoms with Crippen LogP contribution in [0.3, 0.4) is 0 Å². The van der Waals surface area contributed by atoms with Gasteiger partial charge in [0.05, 0.1) is 0 Å². The molecule has 0 radical (unpaired) electrons. The van der Waals surface area contributed by atoms with E-state index in [0.717, 1.165) is 13.0 Å². The van der Waals surface area contributed by atoms with E-state index < -0.39 is 0 Å². The molecule has 112 valence electrons. The lowest BCUT2D eigenvalue weighted by Gasteiger charge is -2.35. The molecule has 2 N–H and O–H groups in total. The van der Waals surface area contributed by atoms with Crippen molar-refractivity contribution in [3.63, 3.8) is 0 Å². The summed E-state index contributed by atoms with van der Waals surface area (Å²) < 4.78 is 0.